The standard InChI is InChI=1S/C13H15FN2O4/c1-7-2-3-8(4-10(7)14)15-13(20)16-6-9(17)5-11(16)12(18)19/h2-4,9,11,17H,5-6H2,1H3,(H,15,20)(H,18,19)/t9-,11+/m1/s1. The minimum absolute atomic E-state index is 0.00892. The lowest BCUT2D eigenvalue weighted by molar-refractivity contribution is -0.141. The normalized spacial score (nSPS) is 21.9. The maximum atomic E-state index is 13.4. The molecule has 0 unspecified atom stereocenters. The fourth-order valence-electron chi connectivity index (χ4n) is 2.14. The number of carboxylic acids is 1. The number of anilines is 1. The molecule has 0 bridgehead atoms. The molecule has 3 N–H and O–H groups in total. The van der Waals surface area contributed by atoms with Crippen LogP contribution in [0.4, 0.5) is 14.9 Å². The zero-order valence-corrected chi connectivity index (χ0v) is 10.8. The average Bonchev–Trinajstić information content (AvgIpc) is 2.76. The van der Waals surface area contributed by atoms with Gasteiger partial charge < -0.3 is 20.4 Å². The third-order valence-electron chi connectivity index (χ3n) is 3.25. The number of carbonyl (C=O) groups excluding carboxylic acids is 1. The molecule has 1 aliphatic rings. The van der Waals surface area contributed by atoms with Gasteiger partial charge >= 0.3 is 12.0 Å². The van der Waals surface area contributed by atoms with Crippen molar-refractivity contribution >= 4 is 17.7 Å². The number of hydrogen-bond acceptors (Lipinski definition) is 3. The van der Waals surface area contributed by atoms with Crippen LogP contribution in [0.25, 0.3) is 0 Å². The number of rotatable bonds is 2. The highest BCUT2D eigenvalue weighted by Crippen LogP contribution is 2.20. The van der Waals surface area contributed by atoms with Crippen LogP contribution in [-0.4, -0.2) is 45.8 Å². The van der Waals surface area contributed by atoms with Gasteiger partial charge in [0.1, 0.15) is 11.9 Å². The van der Waals surface area contributed by atoms with Gasteiger partial charge in [0.2, 0.25) is 0 Å². The highest BCUT2D eigenvalue weighted by Gasteiger charge is 2.39. The molecule has 7 heteroatoms. The lowest BCUT2D eigenvalue weighted by atomic mass is 10.2. The summed E-state index contributed by atoms with van der Waals surface area (Å²) in [7, 11) is 0. The Morgan fingerprint density at radius 2 is 2.15 bits per heavy atom. The summed E-state index contributed by atoms with van der Waals surface area (Å²) in [5.41, 5.74) is 0.687. The number of amides is 2. The molecule has 0 aromatic heterocycles. The van der Waals surface area contributed by atoms with Crippen LogP contribution in [0.15, 0.2) is 18.2 Å². The number of benzene rings is 1. The van der Waals surface area contributed by atoms with Crippen molar-refractivity contribution < 1.29 is 24.2 Å². The van der Waals surface area contributed by atoms with Crippen LogP contribution in [0.3, 0.4) is 0 Å². The van der Waals surface area contributed by atoms with Gasteiger partial charge in [0, 0.05) is 18.7 Å². The van der Waals surface area contributed by atoms with Crippen LogP contribution in [0.1, 0.15) is 12.0 Å². The van der Waals surface area contributed by atoms with E-state index < -0.39 is 30.0 Å². The molecule has 1 aromatic rings. The van der Waals surface area contributed by atoms with Crippen LogP contribution < -0.4 is 5.32 Å². The molecular formula is C13H15FN2O4. The van der Waals surface area contributed by atoms with E-state index in [0.717, 1.165) is 11.0 Å². The zero-order chi connectivity index (χ0) is 14.9. The number of halogens is 1. The molecule has 1 fully saturated rings. The number of carboxylic acid groups (broad SMARTS) is 1. The molecule has 2 atom stereocenters. The highest BCUT2D eigenvalue weighted by molar-refractivity contribution is 5.92. The van der Waals surface area contributed by atoms with Gasteiger partial charge in [0.25, 0.3) is 0 Å². The number of likely N-dealkylation sites (tertiary alicyclic amines) is 1. The lowest BCUT2D eigenvalue weighted by Gasteiger charge is -2.21. The first-order valence-electron chi connectivity index (χ1n) is 6.13. The van der Waals surface area contributed by atoms with Crippen LogP contribution in [0.5, 0.6) is 0 Å². The van der Waals surface area contributed by atoms with Gasteiger partial charge in [0.15, 0.2) is 0 Å². The topological polar surface area (TPSA) is 89.9 Å². The van der Waals surface area contributed by atoms with Gasteiger partial charge in [0.05, 0.1) is 6.10 Å². The Balaban J connectivity index is 2.11. The van der Waals surface area contributed by atoms with Gasteiger partial charge in [-0.3, -0.25) is 0 Å². The number of hydrogen-bond donors (Lipinski definition) is 3. The molecule has 1 aromatic carbocycles. The summed E-state index contributed by atoms with van der Waals surface area (Å²) in [6.07, 6.45) is -0.873. The summed E-state index contributed by atoms with van der Waals surface area (Å²) in [6, 6.07) is 2.46. The summed E-state index contributed by atoms with van der Waals surface area (Å²) < 4.78 is 13.4. The van der Waals surface area contributed by atoms with Crippen molar-refractivity contribution in [2.24, 2.45) is 0 Å². The third kappa shape index (κ3) is 2.88. The number of aryl methyl sites for hydroxylation is 1. The Morgan fingerprint density at radius 1 is 1.45 bits per heavy atom. The van der Waals surface area contributed by atoms with Gasteiger partial charge in [-0.05, 0) is 24.6 Å². The summed E-state index contributed by atoms with van der Waals surface area (Å²) in [6.45, 7) is 1.54. The molecule has 0 radical (unpaired) electrons. The Labute approximate surface area is 114 Å². The third-order valence-corrected chi connectivity index (χ3v) is 3.25. The number of carbonyl (C=O) groups is 2. The number of urea groups is 1. The van der Waals surface area contributed by atoms with E-state index >= 15 is 0 Å². The van der Waals surface area contributed by atoms with Gasteiger partial charge in [-0.15, -0.1) is 0 Å². The predicted octanol–water partition coefficient (Wildman–Crippen LogP) is 1.19. The second-order valence-corrected chi connectivity index (χ2v) is 4.79. The van der Waals surface area contributed by atoms with Crippen LogP contribution in [0, 0.1) is 12.7 Å². The average molecular weight is 282 g/mol. The summed E-state index contributed by atoms with van der Waals surface area (Å²) in [4.78, 5) is 24.0. The molecular weight excluding hydrogens is 267 g/mol. The molecule has 0 saturated carbocycles. The fourth-order valence-corrected chi connectivity index (χ4v) is 2.14. The Morgan fingerprint density at radius 3 is 2.75 bits per heavy atom. The fraction of sp³-hybridized carbons (Fsp3) is 0.385. The minimum Gasteiger partial charge on any atom is -0.480 e. The number of aliphatic hydroxyl groups is 1. The SMILES string of the molecule is Cc1ccc(NC(=O)N2C[C@H](O)C[C@H]2C(=O)O)cc1F. The largest absolute Gasteiger partial charge is 0.480 e. The molecule has 20 heavy (non-hydrogen) atoms. The van der Waals surface area contributed by atoms with Gasteiger partial charge in [-0.25, -0.2) is 14.0 Å². The summed E-state index contributed by atoms with van der Waals surface area (Å²) in [5, 5.41) is 20.9. The second-order valence-electron chi connectivity index (χ2n) is 4.79. The highest BCUT2D eigenvalue weighted by atomic mass is 19.1. The van der Waals surface area contributed by atoms with Crippen molar-refractivity contribution in [3.8, 4) is 0 Å². The van der Waals surface area contributed by atoms with E-state index in [-0.39, 0.29) is 18.7 Å². The molecule has 2 amide bonds. The first-order chi connectivity index (χ1) is 9.38. The van der Waals surface area contributed by atoms with E-state index in [1.54, 1.807) is 6.92 Å². The molecule has 2 rings (SSSR count). The summed E-state index contributed by atoms with van der Waals surface area (Å²) in [5.74, 6) is -1.63. The van der Waals surface area contributed by atoms with Gasteiger partial charge in [-0.1, -0.05) is 6.07 Å². The van der Waals surface area contributed by atoms with Crippen LogP contribution in [-0.2, 0) is 4.79 Å². The van der Waals surface area contributed by atoms with E-state index in [4.69, 9.17) is 5.11 Å². The Hall–Kier alpha value is -2.15. The minimum atomic E-state index is -1.17. The van der Waals surface area contributed by atoms with Crippen molar-refractivity contribution in [1.29, 1.82) is 0 Å². The molecule has 0 spiro atoms. The maximum absolute atomic E-state index is 13.4. The van der Waals surface area contributed by atoms with Crippen LogP contribution >= 0.6 is 0 Å². The van der Waals surface area contributed by atoms with Crippen molar-refractivity contribution in [2.45, 2.75) is 25.5 Å². The van der Waals surface area contributed by atoms with Crippen molar-refractivity contribution in [1.82, 2.24) is 4.90 Å². The molecule has 1 aliphatic heterocycles. The number of nitrogens with one attached hydrogen (secondary N) is 1. The number of aliphatic carboxylic acids is 1. The molecule has 1 heterocycles. The second kappa shape index (κ2) is 5.46. The monoisotopic (exact) mass is 282 g/mol. The van der Waals surface area contributed by atoms with Gasteiger partial charge in [-0.2, -0.15) is 0 Å². The van der Waals surface area contributed by atoms with E-state index in [0.29, 0.717) is 5.56 Å². The molecule has 6 nitrogen and oxygen atoms in total. The van der Waals surface area contributed by atoms with Crippen molar-refractivity contribution in [2.75, 3.05) is 11.9 Å². The predicted molar refractivity (Wildman–Crippen MR) is 68.9 cm³/mol. The quantitative estimate of drug-likeness (QED) is 0.760. The van der Waals surface area contributed by atoms with E-state index in [1.807, 2.05) is 0 Å². The number of β-amino-alcohol motifs (C(OH)–C–C–N with tert-alkyl or cyclic N) is 1. The van der Waals surface area contributed by atoms with E-state index in [2.05, 4.69) is 5.32 Å². The first kappa shape index (κ1) is 14.3. The molecule has 1 saturated heterocycles. The number of nitrogens with zero attached hydrogens (tertiary/aromatic N) is 1. The zero-order valence-electron chi connectivity index (χ0n) is 10.8. The first-order valence-corrected chi connectivity index (χ1v) is 6.13. The maximum Gasteiger partial charge on any atom is 0.326 e. The Bertz CT molecular complexity index is 549. The van der Waals surface area contributed by atoms with Crippen molar-refractivity contribution in [3.05, 3.63) is 29.6 Å². The smallest absolute Gasteiger partial charge is 0.326 e. The van der Waals surface area contributed by atoms with E-state index in [9.17, 15) is 19.1 Å². The number of aliphatic hydroxyl groups excluding tert-OH is 1. The Kier molecular flexibility index (Phi) is 3.89. The molecule has 108 valence electrons. The van der Waals surface area contributed by atoms with Crippen molar-refractivity contribution in [3.63, 3.8) is 0 Å². The summed E-state index contributed by atoms with van der Waals surface area (Å²) >= 11 is 0. The molecule has 0 aliphatic carbocycles. The van der Waals surface area contributed by atoms with E-state index in [1.165, 1.54) is 12.1 Å². The lowest BCUT2D eigenvalue weighted by Crippen LogP contribution is -2.43. The van der Waals surface area contributed by atoms with Crippen LogP contribution in [0.2, 0.25) is 0 Å².